The molecular formula is C20H36O. The van der Waals surface area contributed by atoms with Gasteiger partial charge in [-0.15, -0.1) is 0 Å². The molecule has 122 valence electrons. The summed E-state index contributed by atoms with van der Waals surface area (Å²) in [5.41, 5.74) is 0. The Morgan fingerprint density at radius 2 is 1.57 bits per heavy atom. The number of hydrogen-bond donors (Lipinski definition) is 0. The first-order chi connectivity index (χ1) is 10.2. The van der Waals surface area contributed by atoms with Crippen LogP contribution in [-0.2, 0) is 4.79 Å². The minimum atomic E-state index is 0.515. The molecule has 0 N–H and O–H groups in total. The fourth-order valence-corrected chi connectivity index (χ4v) is 4.78. The third-order valence-corrected chi connectivity index (χ3v) is 6.36. The lowest BCUT2D eigenvalue weighted by molar-refractivity contribution is -0.121. The highest BCUT2D eigenvalue weighted by molar-refractivity contribution is 5.79. The van der Waals surface area contributed by atoms with Crippen LogP contribution in [0.1, 0.15) is 97.3 Å². The molecule has 0 spiro atoms. The Kier molecular flexibility index (Phi) is 7.26. The van der Waals surface area contributed by atoms with E-state index in [1.54, 1.807) is 0 Å². The zero-order chi connectivity index (χ0) is 15.1. The van der Waals surface area contributed by atoms with Gasteiger partial charge in [-0.25, -0.2) is 0 Å². The minimum absolute atomic E-state index is 0.515. The van der Waals surface area contributed by atoms with Gasteiger partial charge in [-0.1, -0.05) is 52.4 Å². The zero-order valence-corrected chi connectivity index (χ0v) is 14.4. The van der Waals surface area contributed by atoms with Gasteiger partial charge in [-0.05, 0) is 55.8 Å². The van der Waals surface area contributed by atoms with Crippen molar-refractivity contribution in [1.82, 2.24) is 0 Å². The van der Waals surface area contributed by atoms with E-state index in [1.807, 2.05) is 0 Å². The standard InChI is InChI=1S/C20H36O/c1-3-5-6-16(4-2)15-17-7-9-18(10-8-17)19-11-13-20(21)14-12-19/h16-19H,3-15H2,1-2H3. The van der Waals surface area contributed by atoms with Crippen LogP contribution in [0.2, 0.25) is 0 Å². The van der Waals surface area contributed by atoms with E-state index in [-0.39, 0.29) is 0 Å². The van der Waals surface area contributed by atoms with Crippen molar-refractivity contribution in [3.05, 3.63) is 0 Å². The highest BCUT2D eigenvalue weighted by atomic mass is 16.1. The molecule has 2 saturated carbocycles. The number of carbonyl (C=O) groups is 1. The normalized spacial score (nSPS) is 29.5. The summed E-state index contributed by atoms with van der Waals surface area (Å²) in [6, 6.07) is 0. The quantitative estimate of drug-likeness (QED) is 0.549. The summed E-state index contributed by atoms with van der Waals surface area (Å²) in [6.45, 7) is 4.69. The molecular weight excluding hydrogens is 256 g/mol. The van der Waals surface area contributed by atoms with Gasteiger partial charge < -0.3 is 0 Å². The van der Waals surface area contributed by atoms with Gasteiger partial charge in [0, 0.05) is 12.8 Å². The van der Waals surface area contributed by atoms with Crippen molar-refractivity contribution >= 4 is 5.78 Å². The maximum Gasteiger partial charge on any atom is 0.132 e. The first kappa shape index (κ1) is 17.0. The molecule has 0 aliphatic heterocycles. The fraction of sp³-hybridized carbons (Fsp3) is 0.950. The maximum atomic E-state index is 11.4. The minimum Gasteiger partial charge on any atom is -0.300 e. The van der Waals surface area contributed by atoms with E-state index in [1.165, 1.54) is 70.6 Å². The van der Waals surface area contributed by atoms with Gasteiger partial charge in [-0.3, -0.25) is 4.79 Å². The van der Waals surface area contributed by atoms with Crippen molar-refractivity contribution in [2.45, 2.75) is 97.3 Å². The summed E-state index contributed by atoms with van der Waals surface area (Å²) in [6.07, 6.45) is 17.1. The Balaban J connectivity index is 1.68. The fourth-order valence-electron chi connectivity index (χ4n) is 4.78. The molecule has 1 nitrogen and oxygen atoms in total. The molecule has 0 aromatic carbocycles. The molecule has 0 aromatic heterocycles. The number of unbranched alkanes of at least 4 members (excludes halogenated alkanes) is 1. The van der Waals surface area contributed by atoms with Crippen LogP contribution in [0, 0.1) is 23.7 Å². The van der Waals surface area contributed by atoms with Crippen molar-refractivity contribution in [2.24, 2.45) is 23.7 Å². The van der Waals surface area contributed by atoms with Crippen molar-refractivity contribution in [3.8, 4) is 0 Å². The van der Waals surface area contributed by atoms with Crippen molar-refractivity contribution in [1.29, 1.82) is 0 Å². The van der Waals surface area contributed by atoms with Gasteiger partial charge >= 0.3 is 0 Å². The molecule has 2 rings (SSSR count). The monoisotopic (exact) mass is 292 g/mol. The number of ketones is 1. The SMILES string of the molecule is CCCCC(CC)CC1CCC(C2CCC(=O)CC2)CC1. The predicted octanol–water partition coefficient (Wildman–Crippen LogP) is 6.16. The Morgan fingerprint density at radius 3 is 2.14 bits per heavy atom. The average molecular weight is 293 g/mol. The second-order valence-corrected chi connectivity index (χ2v) is 7.81. The summed E-state index contributed by atoms with van der Waals surface area (Å²) in [5.74, 6) is 4.34. The van der Waals surface area contributed by atoms with E-state index in [9.17, 15) is 4.79 Å². The van der Waals surface area contributed by atoms with Gasteiger partial charge in [0.25, 0.3) is 0 Å². The molecule has 0 aromatic rings. The van der Waals surface area contributed by atoms with Crippen LogP contribution in [0.25, 0.3) is 0 Å². The largest absolute Gasteiger partial charge is 0.300 e. The van der Waals surface area contributed by atoms with E-state index in [0.717, 1.165) is 36.5 Å². The molecule has 0 bridgehead atoms. The Hall–Kier alpha value is -0.330. The van der Waals surface area contributed by atoms with Crippen molar-refractivity contribution < 1.29 is 4.79 Å². The van der Waals surface area contributed by atoms with E-state index >= 15 is 0 Å². The summed E-state index contributed by atoms with van der Waals surface area (Å²) in [7, 11) is 0. The second kappa shape index (κ2) is 8.96. The summed E-state index contributed by atoms with van der Waals surface area (Å²) in [4.78, 5) is 11.4. The molecule has 2 aliphatic carbocycles. The summed E-state index contributed by atoms with van der Waals surface area (Å²) >= 11 is 0. The van der Waals surface area contributed by atoms with Gasteiger partial charge in [0.05, 0.1) is 0 Å². The Labute approximate surface area is 132 Å². The van der Waals surface area contributed by atoms with Crippen LogP contribution in [-0.4, -0.2) is 5.78 Å². The summed E-state index contributed by atoms with van der Waals surface area (Å²) < 4.78 is 0. The topological polar surface area (TPSA) is 17.1 Å². The van der Waals surface area contributed by atoms with E-state index in [0.29, 0.717) is 5.78 Å². The molecule has 0 saturated heterocycles. The number of hydrogen-bond acceptors (Lipinski definition) is 1. The smallest absolute Gasteiger partial charge is 0.132 e. The van der Waals surface area contributed by atoms with Gasteiger partial charge in [0.15, 0.2) is 0 Å². The van der Waals surface area contributed by atoms with E-state index in [4.69, 9.17) is 0 Å². The lowest BCUT2D eigenvalue weighted by Crippen LogP contribution is -2.26. The number of rotatable bonds is 7. The highest BCUT2D eigenvalue weighted by Crippen LogP contribution is 2.41. The van der Waals surface area contributed by atoms with Gasteiger partial charge in [0.1, 0.15) is 5.78 Å². The summed E-state index contributed by atoms with van der Waals surface area (Å²) in [5, 5.41) is 0. The first-order valence-electron chi connectivity index (χ1n) is 9.74. The third kappa shape index (κ3) is 5.42. The van der Waals surface area contributed by atoms with Crippen LogP contribution in [0.4, 0.5) is 0 Å². The Bertz CT molecular complexity index is 291. The second-order valence-electron chi connectivity index (χ2n) is 7.81. The lowest BCUT2D eigenvalue weighted by Gasteiger charge is -2.36. The van der Waals surface area contributed by atoms with Crippen LogP contribution in [0.5, 0.6) is 0 Å². The molecule has 0 heterocycles. The molecule has 1 heteroatoms. The maximum absolute atomic E-state index is 11.4. The van der Waals surface area contributed by atoms with Crippen molar-refractivity contribution in [3.63, 3.8) is 0 Å². The van der Waals surface area contributed by atoms with Crippen LogP contribution in [0.15, 0.2) is 0 Å². The first-order valence-corrected chi connectivity index (χ1v) is 9.74. The van der Waals surface area contributed by atoms with E-state index < -0.39 is 0 Å². The van der Waals surface area contributed by atoms with Crippen LogP contribution in [0.3, 0.4) is 0 Å². The molecule has 1 atom stereocenters. The number of carbonyl (C=O) groups excluding carboxylic acids is 1. The average Bonchev–Trinajstić information content (AvgIpc) is 2.53. The molecule has 0 amide bonds. The zero-order valence-electron chi connectivity index (χ0n) is 14.4. The molecule has 21 heavy (non-hydrogen) atoms. The van der Waals surface area contributed by atoms with Gasteiger partial charge in [0.2, 0.25) is 0 Å². The van der Waals surface area contributed by atoms with Crippen LogP contribution < -0.4 is 0 Å². The molecule has 2 fully saturated rings. The molecule has 1 unspecified atom stereocenters. The molecule has 0 radical (unpaired) electrons. The highest BCUT2D eigenvalue weighted by Gasteiger charge is 2.30. The Morgan fingerprint density at radius 1 is 0.952 bits per heavy atom. The van der Waals surface area contributed by atoms with E-state index in [2.05, 4.69) is 13.8 Å². The van der Waals surface area contributed by atoms with Gasteiger partial charge in [-0.2, -0.15) is 0 Å². The predicted molar refractivity (Wildman–Crippen MR) is 90.3 cm³/mol. The molecule has 2 aliphatic rings. The third-order valence-electron chi connectivity index (χ3n) is 6.36. The lowest BCUT2D eigenvalue weighted by atomic mass is 9.69. The van der Waals surface area contributed by atoms with Crippen molar-refractivity contribution in [2.75, 3.05) is 0 Å². The number of Topliss-reactive ketones (excluding diaryl/α,β-unsaturated/α-hetero) is 1. The van der Waals surface area contributed by atoms with Crippen LogP contribution >= 0.6 is 0 Å².